The fourth-order valence-corrected chi connectivity index (χ4v) is 1.78. The van der Waals surface area contributed by atoms with Crippen molar-refractivity contribution in [2.24, 2.45) is 5.73 Å². The number of hydrogen-bond donors (Lipinski definition) is 1. The van der Waals surface area contributed by atoms with Crippen molar-refractivity contribution in [3.63, 3.8) is 0 Å². The average Bonchev–Trinajstić information content (AvgIpc) is 2.22. The highest BCUT2D eigenvalue weighted by atomic mass is 79.9. The van der Waals surface area contributed by atoms with E-state index in [1.54, 1.807) is 6.07 Å². The minimum Gasteiger partial charge on any atom is -0.329 e. The van der Waals surface area contributed by atoms with Crippen LogP contribution in [0.5, 0.6) is 0 Å². The van der Waals surface area contributed by atoms with Gasteiger partial charge in [-0.2, -0.15) is 0 Å². The summed E-state index contributed by atoms with van der Waals surface area (Å²) >= 11 is 3.34. The van der Waals surface area contributed by atoms with Crippen LogP contribution in [0.2, 0.25) is 0 Å². The highest BCUT2D eigenvalue weighted by Gasteiger charge is 2.03. The van der Waals surface area contributed by atoms with Crippen molar-refractivity contribution in [2.75, 3.05) is 6.54 Å². The summed E-state index contributed by atoms with van der Waals surface area (Å²) in [4.78, 5) is 16.1. The van der Waals surface area contributed by atoms with Gasteiger partial charge in [0.05, 0.1) is 17.2 Å². The Morgan fingerprint density at radius 1 is 1.47 bits per heavy atom. The van der Waals surface area contributed by atoms with Crippen molar-refractivity contribution in [1.82, 2.24) is 9.55 Å². The van der Waals surface area contributed by atoms with Gasteiger partial charge in [0.1, 0.15) is 0 Å². The van der Waals surface area contributed by atoms with E-state index < -0.39 is 0 Å². The molecule has 2 rings (SSSR count). The number of rotatable bonds is 2. The summed E-state index contributed by atoms with van der Waals surface area (Å²) in [5.74, 6) is 0. The van der Waals surface area contributed by atoms with Crippen LogP contribution in [-0.4, -0.2) is 16.1 Å². The third kappa shape index (κ3) is 1.93. The maximum Gasteiger partial charge on any atom is 0.261 e. The summed E-state index contributed by atoms with van der Waals surface area (Å²) in [6.07, 6.45) is 1.53. The molecule has 0 amide bonds. The second-order valence-corrected chi connectivity index (χ2v) is 4.11. The quantitative estimate of drug-likeness (QED) is 0.887. The van der Waals surface area contributed by atoms with Crippen LogP contribution in [0.4, 0.5) is 0 Å². The molecule has 0 spiro atoms. The molecule has 2 N–H and O–H groups in total. The first-order valence-electron chi connectivity index (χ1n) is 4.57. The summed E-state index contributed by atoms with van der Waals surface area (Å²) < 4.78 is 2.44. The summed E-state index contributed by atoms with van der Waals surface area (Å²) in [5.41, 5.74) is 6.06. The van der Waals surface area contributed by atoms with Gasteiger partial charge in [0.2, 0.25) is 0 Å². The molecule has 0 radical (unpaired) electrons. The topological polar surface area (TPSA) is 60.9 Å². The number of nitrogens with zero attached hydrogens (tertiary/aromatic N) is 2. The molecule has 0 atom stereocenters. The standard InChI is InChI=1S/C10H10BrN3O/c11-7-1-2-8-9(5-7)13-6-14(4-3-12)10(8)15/h1-2,5-6H,3-4,12H2. The Balaban J connectivity index is 2.69. The molecule has 4 nitrogen and oxygen atoms in total. The number of aromatic nitrogens is 2. The molecule has 0 aliphatic heterocycles. The smallest absolute Gasteiger partial charge is 0.261 e. The van der Waals surface area contributed by atoms with Crippen molar-refractivity contribution in [3.8, 4) is 0 Å². The first-order valence-corrected chi connectivity index (χ1v) is 5.36. The fraction of sp³-hybridized carbons (Fsp3) is 0.200. The maximum absolute atomic E-state index is 11.9. The lowest BCUT2D eigenvalue weighted by Gasteiger charge is -2.04. The van der Waals surface area contributed by atoms with E-state index in [9.17, 15) is 4.79 Å². The molecule has 1 aromatic heterocycles. The van der Waals surface area contributed by atoms with Gasteiger partial charge in [-0.15, -0.1) is 0 Å². The summed E-state index contributed by atoms with van der Waals surface area (Å²) in [6, 6.07) is 5.42. The van der Waals surface area contributed by atoms with Gasteiger partial charge in [-0.05, 0) is 18.2 Å². The molecule has 15 heavy (non-hydrogen) atoms. The van der Waals surface area contributed by atoms with E-state index in [2.05, 4.69) is 20.9 Å². The largest absolute Gasteiger partial charge is 0.329 e. The molecule has 1 aromatic carbocycles. The molecular formula is C10H10BrN3O. The maximum atomic E-state index is 11.9. The summed E-state index contributed by atoms with van der Waals surface area (Å²) in [6.45, 7) is 0.932. The van der Waals surface area contributed by atoms with Crippen molar-refractivity contribution < 1.29 is 0 Å². The molecule has 0 fully saturated rings. The van der Waals surface area contributed by atoms with E-state index in [1.165, 1.54) is 10.9 Å². The van der Waals surface area contributed by atoms with E-state index in [0.29, 0.717) is 24.0 Å². The van der Waals surface area contributed by atoms with Crippen LogP contribution >= 0.6 is 15.9 Å². The van der Waals surface area contributed by atoms with Crippen LogP contribution in [0.25, 0.3) is 10.9 Å². The zero-order valence-electron chi connectivity index (χ0n) is 7.98. The van der Waals surface area contributed by atoms with Gasteiger partial charge in [0, 0.05) is 17.6 Å². The lowest BCUT2D eigenvalue weighted by Crippen LogP contribution is -2.24. The minimum absolute atomic E-state index is 0.0436. The fourth-order valence-electron chi connectivity index (χ4n) is 1.43. The molecule has 0 saturated carbocycles. The first kappa shape index (κ1) is 10.3. The van der Waals surface area contributed by atoms with Crippen molar-refractivity contribution >= 4 is 26.8 Å². The molecule has 0 bridgehead atoms. The van der Waals surface area contributed by atoms with Gasteiger partial charge in [-0.1, -0.05) is 15.9 Å². The third-order valence-corrected chi connectivity index (χ3v) is 2.65. The highest BCUT2D eigenvalue weighted by molar-refractivity contribution is 9.10. The third-order valence-electron chi connectivity index (χ3n) is 2.16. The zero-order valence-corrected chi connectivity index (χ0v) is 9.57. The monoisotopic (exact) mass is 267 g/mol. The molecule has 1 heterocycles. The Kier molecular flexibility index (Phi) is 2.83. The molecule has 5 heteroatoms. The van der Waals surface area contributed by atoms with Gasteiger partial charge < -0.3 is 5.73 Å². The van der Waals surface area contributed by atoms with Crippen LogP contribution < -0.4 is 11.3 Å². The van der Waals surface area contributed by atoms with Crippen LogP contribution in [0.3, 0.4) is 0 Å². The van der Waals surface area contributed by atoms with E-state index in [1.807, 2.05) is 12.1 Å². The predicted octanol–water partition coefficient (Wildman–Crippen LogP) is 1.12. The van der Waals surface area contributed by atoms with E-state index in [4.69, 9.17) is 5.73 Å². The van der Waals surface area contributed by atoms with Crippen LogP contribution in [-0.2, 0) is 6.54 Å². The zero-order chi connectivity index (χ0) is 10.8. The normalized spacial score (nSPS) is 10.8. The molecule has 78 valence electrons. The predicted molar refractivity (Wildman–Crippen MR) is 62.8 cm³/mol. The summed E-state index contributed by atoms with van der Waals surface area (Å²) in [7, 11) is 0. The van der Waals surface area contributed by atoms with Crippen LogP contribution in [0.15, 0.2) is 33.8 Å². The van der Waals surface area contributed by atoms with Gasteiger partial charge in [0.15, 0.2) is 0 Å². The van der Waals surface area contributed by atoms with Gasteiger partial charge in [0.25, 0.3) is 5.56 Å². The van der Waals surface area contributed by atoms with E-state index in [0.717, 1.165) is 4.47 Å². The second kappa shape index (κ2) is 4.12. The number of nitrogens with two attached hydrogens (primary N) is 1. The van der Waals surface area contributed by atoms with Crippen LogP contribution in [0, 0.1) is 0 Å². The number of halogens is 1. The van der Waals surface area contributed by atoms with Gasteiger partial charge in [-0.25, -0.2) is 4.98 Å². The number of benzene rings is 1. The highest BCUT2D eigenvalue weighted by Crippen LogP contribution is 2.14. The number of hydrogen-bond acceptors (Lipinski definition) is 3. The van der Waals surface area contributed by atoms with E-state index >= 15 is 0 Å². The molecule has 0 aliphatic rings. The van der Waals surface area contributed by atoms with Crippen LogP contribution in [0.1, 0.15) is 0 Å². The summed E-state index contributed by atoms with van der Waals surface area (Å²) in [5, 5.41) is 0.620. The lowest BCUT2D eigenvalue weighted by atomic mass is 10.2. The Labute approximate surface area is 94.9 Å². The molecule has 0 aliphatic carbocycles. The van der Waals surface area contributed by atoms with Crippen molar-refractivity contribution in [1.29, 1.82) is 0 Å². The Bertz CT molecular complexity index is 550. The van der Waals surface area contributed by atoms with Crippen molar-refractivity contribution in [2.45, 2.75) is 6.54 Å². The van der Waals surface area contributed by atoms with Crippen molar-refractivity contribution in [3.05, 3.63) is 39.4 Å². The Morgan fingerprint density at radius 2 is 2.27 bits per heavy atom. The van der Waals surface area contributed by atoms with Gasteiger partial charge in [-0.3, -0.25) is 9.36 Å². The van der Waals surface area contributed by atoms with E-state index in [-0.39, 0.29) is 5.56 Å². The lowest BCUT2D eigenvalue weighted by molar-refractivity contribution is 0.673. The first-order chi connectivity index (χ1) is 7.22. The Morgan fingerprint density at radius 3 is 3.00 bits per heavy atom. The molecule has 0 unspecified atom stereocenters. The Hall–Kier alpha value is -1.20. The van der Waals surface area contributed by atoms with Gasteiger partial charge >= 0.3 is 0 Å². The molecule has 2 aromatic rings. The molecule has 0 saturated heterocycles. The average molecular weight is 268 g/mol. The second-order valence-electron chi connectivity index (χ2n) is 3.19. The molecular weight excluding hydrogens is 258 g/mol. The minimum atomic E-state index is -0.0436. The number of fused-ring (bicyclic) bond motifs is 1. The SMILES string of the molecule is NCCn1cnc2cc(Br)ccc2c1=O.